The van der Waals surface area contributed by atoms with Gasteiger partial charge in [0, 0.05) is 0 Å². The predicted molar refractivity (Wildman–Crippen MR) is 52.3 cm³/mol. The number of hydrogen-bond donors (Lipinski definition) is 1. The van der Waals surface area contributed by atoms with Crippen LogP contribution in [0.15, 0.2) is 24.3 Å². The van der Waals surface area contributed by atoms with E-state index < -0.39 is 0 Å². The molecule has 1 aromatic rings. The summed E-state index contributed by atoms with van der Waals surface area (Å²) >= 11 is 0. The third kappa shape index (κ3) is 1.30. The summed E-state index contributed by atoms with van der Waals surface area (Å²) in [6, 6.07) is 8.09. The highest BCUT2D eigenvalue weighted by atomic mass is 16.7. The van der Waals surface area contributed by atoms with Crippen LogP contribution in [-0.4, -0.2) is 5.97 Å². The molecule has 1 aliphatic carbocycles. The van der Waals surface area contributed by atoms with E-state index in [4.69, 9.17) is 5.90 Å². The van der Waals surface area contributed by atoms with Gasteiger partial charge in [-0.2, -0.15) is 5.90 Å². The minimum absolute atomic E-state index is 0.114. The van der Waals surface area contributed by atoms with E-state index in [-0.39, 0.29) is 17.8 Å². The van der Waals surface area contributed by atoms with E-state index in [0.29, 0.717) is 0 Å². The molecule has 0 saturated carbocycles. The summed E-state index contributed by atoms with van der Waals surface area (Å²) in [5.41, 5.74) is 2.47. The Labute approximate surface area is 82.8 Å². The van der Waals surface area contributed by atoms with Gasteiger partial charge in [-0.25, -0.2) is 0 Å². The third-order valence-electron chi connectivity index (χ3n) is 3.01. The maximum absolute atomic E-state index is 11.3. The first-order valence-electron chi connectivity index (χ1n) is 4.72. The normalized spacial score (nSPS) is 24.4. The first kappa shape index (κ1) is 9.21. The summed E-state index contributed by atoms with van der Waals surface area (Å²) < 4.78 is 0. The van der Waals surface area contributed by atoms with Crippen LogP contribution in [0.25, 0.3) is 0 Å². The zero-order chi connectivity index (χ0) is 10.1. The summed E-state index contributed by atoms with van der Waals surface area (Å²) in [4.78, 5) is 15.6. The molecule has 0 amide bonds. The van der Waals surface area contributed by atoms with Crippen LogP contribution in [0, 0.1) is 5.92 Å². The molecular formula is C11H13NO2. The van der Waals surface area contributed by atoms with Gasteiger partial charge in [-0.15, -0.1) is 0 Å². The van der Waals surface area contributed by atoms with Crippen LogP contribution in [0.5, 0.6) is 0 Å². The fourth-order valence-corrected chi connectivity index (χ4v) is 2.17. The molecule has 14 heavy (non-hydrogen) atoms. The van der Waals surface area contributed by atoms with Crippen LogP contribution < -0.4 is 5.90 Å². The molecule has 0 saturated heterocycles. The van der Waals surface area contributed by atoms with Crippen molar-refractivity contribution in [3.63, 3.8) is 0 Å². The second kappa shape index (κ2) is 3.42. The Hall–Kier alpha value is -1.35. The number of fused-ring (bicyclic) bond motifs is 1. The zero-order valence-corrected chi connectivity index (χ0v) is 8.07. The molecule has 0 heterocycles. The van der Waals surface area contributed by atoms with E-state index in [1.54, 1.807) is 0 Å². The molecule has 1 aliphatic rings. The summed E-state index contributed by atoms with van der Waals surface area (Å²) in [6.07, 6.45) is 0.743. The number of carbonyl (C=O) groups excluding carboxylic acids is 1. The van der Waals surface area contributed by atoms with E-state index in [1.807, 2.05) is 19.1 Å². The lowest BCUT2D eigenvalue weighted by atomic mass is 9.95. The molecule has 3 nitrogen and oxygen atoms in total. The molecule has 2 N–H and O–H groups in total. The quantitative estimate of drug-likeness (QED) is 0.682. The van der Waals surface area contributed by atoms with Crippen molar-refractivity contribution in [2.24, 2.45) is 11.8 Å². The van der Waals surface area contributed by atoms with Crippen molar-refractivity contribution in [1.29, 1.82) is 0 Å². The van der Waals surface area contributed by atoms with Gasteiger partial charge in [0.15, 0.2) is 0 Å². The topological polar surface area (TPSA) is 52.3 Å². The van der Waals surface area contributed by atoms with Crippen LogP contribution in [0.2, 0.25) is 0 Å². The molecule has 0 radical (unpaired) electrons. The van der Waals surface area contributed by atoms with Gasteiger partial charge >= 0.3 is 5.97 Å². The van der Waals surface area contributed by atoms with Crippen molar-refractivity contribution >= 4 is 5.97 Å². The van der Waals surface area contributed by atoms with Crippen LogP contribution >= 0.6 is 0 Å². The smallest absolute Gasteiger partial charge is 0.328 e. The largest absolute Gasteiger partial charge is 0.373 e. The van der Waals surface area contributed by atoms with Gasteiger partial charge in [-0.1, -0.05) is 31.2 Å². The Morgan fingerprint density at radius 2 is 2.21 bits per heavy atom. The number of nitrogens with two attached hydrogens (primary N) is 1. The molecule has 0 aliphatic heterocycles. The summed E-state index contributed by atoms with van der Waals surface area (Å²) in [6.45, 7) is 2.04. The average molecular weight is 191 g/mol. The van der Waals surface area contributed by atoms with Crippen molar-refractivity contribution < 1.29 is 9.63 Å². The lowest BCUT2D eigenvalue weighted by molar-refractivity contribution is -0.149. The second-order valence-corrected chi connectivity index (χ2v) is 3.73. The number of rotatable bonds is 1. The summed E-state index contributed by atoms with van der Waals surface area (Å²) in [7, 11) is 0. The van der Waals surface area contributed by atoms with Gasteiger partial charge < -0.3 is 4.84 Å². The molecule has 0 spiro atoms. The fourth-order valence-electron chi connectivity index (χ4n) is 2.17. The molecule has 2 rings (SSSR count). The maximum atomic E-state index is 11.3. The number of benzene rings is 1. The van der Waals surface area contributed by atoms with Gasteiger partial charge in [-0.3, -0.25) is 4.79 Å². The lowest BCUT2D eigenvalue weighted by Gasteiger charge is -2.11. The SMILES string of the molecule is CC1c2ccccc2CC1C(=O)ON. The van der Waals surface area contributed by atoms with Gasteiger partial charge in [0.25, 0.3) is 0 Å². The Morgan fingerprint density at radius 1 is 1.50 bits per heavy atom. The Bertz CT molecular complexity index is 362. The molecule has 1 aromatic carbocycles. The third-order valence-corrected chi connectivity index (χ3v) is 3.01. The fraction of sp³-hybridized carbons (Fsp3) is 0.364. The maximum Gasteiger partial charge on any atom is 0.328 e. The van der Waals surface area contributed by atoms with Crippen LogP contribution in [0.3, 0.4) is 0 Å². The zero-order valence-electron chi connectivity index (χ0n) is 8.07. The number of hydrogen-bond acceptors (Lipinski definition) is 3. The standard InChI is InChI=1S/C11H13NO2/c1-7-9-5-3-2-4-8(9)6-10(7)11(13)14-12/h2-5,7,10H,6,12H2,1H3. The second-order valence-electron chi connectivity index (χ2n) is 3.73. The Kier molecular flexibility index (Phi) is 2.25. The van der Waals surface area contributed by atoms with Crippen molar-refractivity contribution in [1.82, 2.24) is 0 Å². The van der Waals surface area contributed by atoms with Gasteiger partial charge in [0.1, 0.15) is 0 Å². The van der Waals surface area contributed by atoms with E-state index in [2.05, 4.69) is 17.0 Å². The molecule has 0 bridgehead atoms. The van der Waals surface area contributed by atoms with Gasteiger partial charge in [0.05, 0.1) is 5.92 Å². The van der Waals surface area contributed by atoms with E-state index in [1.165, 1.54) is 11.1 Å². The molecule has 0 aromatic heterocycles. The first-order chi connectivity index (χ1) is 6.74. The first-order valence-corrected chi connectivity index (χ1v) is 4.72. The van der Waals surface area contributed by atoms with Crippen molar-refractivity contribution in [3.05, 3.63) is 35.4 Å². The predicted octanol–water partition coefficient (Wildman–Crippen LogP) is 1.38. The highest BCUT2D eigenvalue weighted by Crippen LogP contribution is 2.37. The highest BCUT2D eigenvalue weighted by Gasteiger charge is 2.34. The van der Waals surface area contributed by atoms with E-state index in [0.717, 1.165) is 6.42 Å². The molecule has 2 unspecified atom stereocenters. The summed E-state index contributed by atoms with van der Waals surface area (Å²) in [5, 5.41) is 0. The lowest BCUT2D eigenvalue weighted by Crippen LogP contribution is -2.23. The van der Waals surface area contributed by atoms with Gasteiger partial charge in [0.2, 0.25) is 0 Å². The summed E-state index contributed by atoms with van der Waals surface area (Å²) in [5.74, 6) is 4.68. The molecule has 0 fully saturated rings. The van der Waals surface area contributed by atoms with E-state index in [9.17, 15) is 4.79 Å². The van der Waals surface area contributed by atoms with Crippen molar-refractivity contribution in [2.45, 2.75) is 19.3 Å². The van der Waals surface area contributed by atoms with Crippen molar-refractivity contribution in [3.8, 4) is 0 Å². The Morgan fingerprint density at radius 3 is 2.86 bits per heavy atom. The highest BCUT2D eigenvalue weighted by molar-refractivity contribution is 5.75. The molecule has 2 atom stereocenters. The minimum atomic E-state index is -0.311. The monoisotopic (exact) mass is 191 g/mol. The van der Waals surface area contributed by atoms with E-state index >= 15 is 0 Å². The van der Waals surface area contributed by atoms with Crippen LogP contribution in [0.4, 0.5) is 0 Å². The molecular weight excluding hydrogens is 178 g/mol. The van der Waals surface area contributed by atoms with Crippen LogP contribution in [-0.2, 0) is 16.1 Å². The van der Waals surface area contributed by atoms with Crippen LogP contribution in [0.1, 0.15) is 24.0 Å². The van der Waals surface area contributed by atoms with Gasteiger partial charge in [-0.05, 0) is 23.5 Å². The number of carbonyl (C=O) groups is 1. The average Bonchev–Trinajstić information content (AvgIpc) is 2.56. The molecule has 3 heteroatoms. The minimum Gasteiger partial charge on any atom is -0.373 e. The molecule has 74 valence electrons. The van der Waals surface area contributed by atoms with Crippen molar-refractivity contribution in [2.75, 3.05) is 0 Å². The Balaban J connectivity index is 2.30.